The van der Waals surface area contributed by atoms with Crippen LogP contribution < -0.4 is 16.2 Å². The molecule has 0 bridgehead atoms. The second kappa shape index (κ2) is 5.73. The number of hydrogen-bond donors (Lipinski definition) is 2. The van der Waals surface area contributed by atoms with Crippen LogP contribution >= 0.6 is 0 Å². The van der Waals surface area contributed by atoms with Gasteiger partial charge in [0.05, 0.1) is 6.61 Å². The molecule has 0 radical (unpaired) electrons. The topological polar surface area (TPSA) is 61.3 Å². The molecule has 1 aromatic carbocycles. The highest BCUT2D eigenvalue weighted by atomic mass is 16.5. The number of benzene rings is 1. The third-order valence-electron chi connectivity index (χ3n) is 2.49. The van der Waals surface area contributed by atoms with Gasteiger partial charge < -0.3 is 16.2 Å². The van der Waals surface area contributed by atoms with Gasteiger partial charge in [0.1, 0.15) is 5.75 Å². The first-order valence-electron chi connectivity index (χ1n) is 5.37. The van der Waals surface area contributed by atoms with E-state index in [4.69, 9.17) is 16.2 Å². The zero-order chi connectivity index (χ0) is 11.3. The monoisotopic (exact) mass is 208 g/mol. The minimum atomic E-state index is 0.0619. The lowest BCUT2D eigenvalue weighted by atomic mass is 9.93. The molecule has 4 N–H and O–H groups in total. The standard InChI is InChI=1S/C12H20N2O/c1-3-15-11-6-4-5-10(7-11)12(8-13)9(2)14/h4-7,9,12H,3,8,13-14H2,1-2H3. The minimum absolute atomic E-state index is 0.0619. The first-order valence-corrected chi connectivity index (χ1v) is 5.37. The van der Waals surface area contributed by atoms with Gasteiger partial charge in [-0.15, -0.1) is 0 Å². The number of nitrogens with two attached hydrogens (primary N) is 2. The molecular formula is C12H20N2O. The molecule has 1 rings (SSSR count). The third kappa shape index (κ3) is 3.22. The lowest BCUT2D eigenvalue weighted by molar-refractivity contribution is 0.339. The van der Waals surface area contributed by atoms with E-state index < -0.39 is 0 Å². The van der Waals surface area contributed by atoms with Crippen molar-refractivity contribution < 1.29 is 4.74 Å². The van der Waals surface area contributed by atoms with Gasteiger partial charge in [0.25, 0.3) is 0 Å². The lowest BCUT2D eigenvalue weighted by Gasteiger charge is -2.19. The van der Waals surface area contributed by atoms with Crippen molar-refractivity contribution in [3.63, 3.8) is 0 Å². The van der Waals surface area contributed by atoms with Crippen molar-refractivity contribution in [1.82, 2.24) is 0 Å². The van der Waals surface area contributed by atoms with Crippen molar-refractivity contribution >= 4 is 0 Å². The lowest BCUT2D eigenvalue weighted by Crippen LogP contribution is -2.30. The van der Waals surface area contributed by atoms with E-state index in [0.29, 0.717) is 13.2 Å². The first-order chi connectivity index (χ1) is 7.19. The van der Waals surface area contributed by atoms with Crippen LogP contribution in [0.4, 0.5) is 0 Å². The maximum absolute atomic E-state index is 5.88. The zero-order valence-electron chi connectivity index (χ0n) is 9.44. The Balaban J connectivity index is 2.87. The molecule has 15 heavy (non-hydrogen) atoms. The Hall–Kier alpha value is -1.06. The Morgan fingerprint density at radius 2 is 2.13 bits per heavy atom. The molecular weight excluding hydrogens is 188 g/mol. The fraction of sp³-hybridized carbons (Fsp3) is 0.500. The van der Waals surface area contributed by atoms with Gasteiger partial charge in [-0.25, -0.2) is 0 Å². The molecule has 0 saturated heterocycles. The van der Waals surface area contributed by atoms with Crippen molar-refractivity contribution in [2.75, 3.05) is 13.2 Å². The molecule has 0 aliphatic carbocycles. The van der Waals surface area contributed by atoms with Gasteiger partial charge in [0, 0.05) is 18.5 Å². The summed E-state index contributed by atoms with van der Waals surface area (Å²) in [5.41, 5.74) is 12.7. The normalized spacial score (nSPS) is 14.7. The van der Waals surface area contributed by atoms with Crippen molar-refractivity contribution in [3.05, 3.63) is 29.8 Å². The summed E-state index contributed by atoms with van der Waals surface area (Å²) in [4.78, 5) is 0. The van der Waals surface area contributed by atoms with Gasteiger partial charge in [0.15, 0.2) is 0 Å². The van der Waals surface area contributed by atoms with Gasteiger partial charge in [-0.2, -0.15) is 0 Å². The maximum Gasteiger partial charge on any atom is 0.119 e. The summed E-state index contributed by atoms with van der Waals surface area (Å²) in [6.45, 7) is 5.19. The summed E-state index contributed by atoms with van der Waals surface area (Å²) < 4.78 is 5.44. The van der Waals surface area contributed by atoms with Crippen LogP contribution in [0, 0.1) is 0 Å². The summed E-state index contributed by atoms with van der Waals surface area (Å²) >= 11 is 0. The van der Waals surface area contributed by atoms with Gasteiger partial charge in [-0.05, 0) is 31.5 Å². The highest BCUT2D eigenvalue weighted by Gasteiger charge is 2.14. The molecule has 1 aromatic rings. The van der Waals surface area contributed by atoms with Gasteiger partial charge >= 0.3 is 0 Å². The molecule has 0 heterocycles. The van der Waals surface area contributed by atoms with E-state index in [-0.39, 0.29) is 12.0 Å². The molecule has 0 aliphatic rings. The van der Waals surface area contributed by atoms with Crippen LogP contribution in [0.25, 0.3) is 0 Å². The molecule has 0 amide bonds. The third-order valence-corrected chi connectivity index (χ3v) is 2.49. The van der Waals surface area contributed by atoms with Crippen LogP contribution in [-0.4, -0.2) is 19.2 Å². The molecule has 0 saturated carbocycles. The molecule has 84 valence electrons. The van der Waals surface area contributed by atoms with E-state index in [1.54, 1.807) is 0 Å². The van der Waals surface area contributed by atoms with Crippen LogP contribution in [0.3, 0.4) is 0 Å². The molecule has 3 heteroatoms. The Morgan fingerprint density at radius 1 is 1.40 bits per heavy atom. The van der Waals surface area contributed by atoms with E-state index >= 15 is 0 Å². The summed E-state index contributed by atoms with van der Waals surface area (Å²) in [7, 11) is 0. The largest absolute Gasteiger partial charge is 0.494 e. The SMILES string of the molecule is CCOc1cccc(C(CN)C(C)N)c1. The molecule has 0 spiro atoms. The van der Waals surface area contributed by atoms with Crippen molar-refractivity contribution in [3.8, 4) is 5.75 Å². The fourth-order valence-electron chi connectivity index (χ4n) is 1.66. The Kier molecular flexibility index (Phi) is 4.59. The predicted octanol–water partition coefficient (Wildman–Crippen LogP) is 1.47. The van der Waals surface area contributed by atoms with E-state index in [0.717, 1.165) is 11.3 Å². The van der Waals surface area contributed by atoms with E-state index in [2.05, 4.69) is 0 Å². The van der Waals surface area contributed by atoms with Gasteiger partial charge in [0.2, 0.25) is 0 Å². The second-order valence-electron chi connectivity index (χ2n) is 3.71. The van der Waals surface area contributed by atoms with Crippen molar-refractivity contribution in [2.24, 2.45) is 11.5 Å². The Bertz CT molecular complexity index is 299. The maximum atomic E-state index is 5.88. The molecule has 2 atom stereocenters. The molecule has 0 aromatic heterocycles. The highest BCUT2D eigenvalue weighted by molar-refractivity contribution is 5.31. The Morgan fingerprint density at radius 3 is 2.67 bits per heavy atom. The Labute approximate surface area is 91.4 Å². The zero-order valence-corrected chi connectivity index (χ0v) is 9.44. The molecule has 3 nitrogen and oxygen atoms in total. The number of rotatable bonds is 5. The first kappa shape index (κ1) is 12.0. The predicted molar refractivity (Wildman–Crippen MR) is 63.1 cm³/mol. The van der Waals surface area contributed by atoms with Gasteiger partial charge in [-0.1, -0.05) is 12.1 Å². The summed E-state index contributed by atoms with van der Waals surface area (Å²) in [6, 6.07) is 8.05. The average molecular weight is 208 g/mol. The smallest absolute Gasteiger partial charge is 0.119 e. The molecule has 0 fully saturated rings. The van der Waals surface area contributed by atoms with Crippen LogP contribution in [0.2, 0.25) is 0 Å². The quantitative estimate of drug-likeness (QED) is 0.770. The van der Waals surface area contributed by atoms with Crippen LogP contribution in [0.15, 0.2) is 24.3 Å². The average Bonchev–Trinajstić information content (AvgIpc) is 2.19. The minimum Gasteiger partial charge on any atom is -0.494 e. The summed E-state index contributed by atoms with van der Waals surface area (Å²) in [5, 5.41) is 0. The van der Waals surface area contributed by atoms with Crippen LogP contribution in [-0.2, 0) is 0 Å². The van der Waals surface area contributed by atoms with Crippen molar-refractivity contribution in [1.29, 1.82) is 0 Å². The summed E-state index contributed by atoms with van der Waals surface area (Å²) in [5.74, 6) is 1.08. The molecule has 2 unspecified atom stereocenters. The van der Waals surface area contributed by atoms with E-state index in [1.165, 1.54) is 0 Å². The summed E-state index contributed by atoms with van der Waals surface area (Å²) in [6.07, 6.45) is 0. The van der Waals surface area contributed by atoms with Crippen LogP contribution in [0.5, 0.6) is 5.75 Å². The number of ether oxygens (including phenoxy) is 1. The fourth-order valence-corrected chi connectivity index (χ4v) is 1.66. The second-order valence-corrected chi connectivity index (χ2v) is 3.71. The molecule has 0 aliphatic heterocycles. The number of hydrogen-bond acceptors (Lipinski definition) is 3. The van der Waals surface area contributed by atoms with E-state index in [1.807, 2.05) is 38.1 Å². The van der Waals surface area contributed by atoms with Crippen molar-refractivity contribution in [2.45, 2.75) is 25.8 Å². The highest BCUT2D eigenvalue weighted by Crippen LogP contribution is 2.22. The van der Waals surface area contributed by atoms with Gasteiger partial charge in [-0.3, -0.25) is 0 Å². The van der Waals surface area contributed by atoms with E-state index in [9.17, 15) is 0 Å². The van der Waals surface area contributed by atoms with Crippen LogP contribution in [0.1, 0.15) is 25.3 Å².